The molecule has 32 heavy (non-hydrogen) atoms. The van der Waals surface area contributed by atoms with Crippen molar-refractivity contribution < 1.29 is 14.4 Å². The van der Waals surface area contributed by atoms with Crippen LogP contribution in [0.2, 0.25) is 0 Å². The van der Waals surface area contributed by atoms with E-state index < -0.39 is 17.5 Å². The van der Waals surface area contributed by atoms with E-state index in [1.165, 1.54) is 4.88 Å². The van der Waals surface area contributed by atoms with Crippen molar-refractivity contribution in [3.05, 3.63) is 80.8 Å². The van der Waals surface area contributed by atoms with Crippen LogP contribution < -0.4 is 5.32 Å². The molecule has 4 rings (SSSR count). The average Bonchev–Trinajstić information content (AvgIpc) is 3.45. The maximum atomic E-state index is 13.1. The van der Waals surface area contributed by atoms with Gasteiger partial charge in [-0.2, -0.15) is 5.26 Å². The minimum atomic E-state index is -1.29. The first-order valence-corrected chi connectivity index (χ1v) is 11.0. The van der Waals surface area contributed by atoms with Crippen LogP contribution in [-0.4, -0.2) is 33.7 Å². The zero-order chi connectivity index (χ0) is 23.0. The lowest BCUT2D eigenvalue weighted by Crippen LogP contribution is -2.41. The van der Waals surface area contributed by atoms with Crippen LogP contribution in [0.3, 0.4) is 0 Å². The van der Waals surface area contributed by atoms with Gasteiger partial charge in [0.25, 0.3) is 5.91 Å². The third-order valence-electron chi connectivity index (χ3n) is 5.94. The van der Waals surface area contributed by atoms with Crippen molar-refractivity contribution in [3.63, 3.8) is 0 Å². The lowest BCUT2D eigenvalue weighted by Gasteiger charge is -2.22. The molecule has 1 unspecified atom stereocenters. The molecule has 1 aliphatic rings. The number of hydrogen-bond acceptors (Lipinski definition) is 5. The van der Waals surface area contributed by atoms with E-state index in [0.29, 0.717) is 23.2 Å². The largest absolute Gasteiger partial charge is 0.343 e. The molecule has 3 amide bonds. The zero-order valence-corrected chi connectivity index (χ0v) is 18.8. The summed E-state index contributed by atoms with van der Waals surface area (Å²) in [7, 11) is 0. The molecule has 0 spiro atoms. The van der Waals surface area contributed by atoms with Crippen LogP contribution in [0.5, 0.6) is 0 Å². The molecule has 1 saturated heterocycles. The van der Waals surface area contributed by atoms with Gasteiger partial charge in [-0.15, -0.1) is 11.3 Å². The molecular formula is C24H22N4O3S. The summed E-state index contributed by atoms with van der Waals surface area (Å²) in [6.07, 6.45) is 0. The number of amides is 3. The van der Waals surface area contributed by atoms with E-state index in [-0.39, 0.29) is 12.3 Å². The highest BCUT2D eigenvalue weighted by molar-refractivity contribution is 7.09. The lowest BCUT2D eigenvalue weighted by molar-refractivity contribution is -0.130. The number of nitriles is 1. The number of carbonyl (C=O) groups is 3. The normalized spacial score (nSPS) is 18.0. The summed E-state index contributed by atoms with van der Waals surface area (Å²) in [5.41, 5.74) is 1.98. The third kappa shape index (κ3) is 3.61. The molecule has 162 valence electrons. The fourth-order valence-electron chi connectivity index (χ4n) is 4.03. The van der Waals surface area contributed by atoms with Crippen molar-refractivity contribution in [2.45, 2.75) is 32.9 Å². The quantitative estimate of drug-likeness (QED) is 0.461. The molecule has 1 aromatic carbocycles. The summed E-state index contributed by atoms with van der Waals surface area (Å²) in [5, 5.41) is 13.7. The highest BCUT2D eigenvalue weighted by atomic mass is 32.1. The molecule has 1 atom stereocenters. The Kier molecular flexibility index (Phi) is 5.45. The van der Waals surface area contributed by atoms with Crippen molar-refractivity contribution >= 4 is 29.1 Å². The number of aryl methyl sites for hydroxylation is 1. The number of carbonyl (C=O) groups excluding carboxylic acids is 3. The SMILES string of the molecule is Cc1cc(C(=O)CN2C(=O)NC(C)(c3ccc(C#N)cc3)C2=O)c(C)n1Cc1cccs1. The van der Waals surface area contributed by atoms with Gasteiger partial charge >= 0.3 is 6.03 Å². The van der Waals surface area contributed by atoms with Crippen LogP contribution in [-0.2, 0) is 16.9 Å². The van der Waals surface area contributed by atoms with E-state index in [4.69, 9.17) is 5.26 Å². The molecule has 1 aliphatic heterocycles. The topological polar surface area (TPSA) is 95.2 Å². The molecule has 3 aromatic rings. The van der Waals surface area contributed by atoms with Crippen molar-refractivity contribution in [1.29, 1.82) is 5.26 Å². The standard InChI is InChI=1S/C24H22N4O3S/c1-15-11-20(16(2)27(15)13-19-5-4-10-32-19)21(29)14-28-22(30)24(3,26-23(28)31)18-8-6-17(12-25)7-9-18/h4-11H,13-14H2,1-3H3,(H,26,31). The van der Waals surface area contributed by atoms with Gasteiger partial charge in [-0.1, -0.05) is 18.2 Å². The van der Waals surface area contributed by atoms with Gasteiger partial charge in [-0.25, -0.2) is 4.79 Å². The minimum absolute atomic E-state index is 0.289. The van der Waals surface area contributed by atoms with Crippen molar-refractivity contribution in [1.82, 2.24) is 14.8 Å². The Morgan fingerprint density at radius 3 is 2.53 bits per heavy atom. The van der Waals surface area contributed by atoms with Crippen LogP contribution in [0, 0.1) is 25.2 Å². The molecule has 0 radical (unpaired) electrons. The average molecular weight is 447 g/mol. The van der Waals surface area contributed by atoms with Gasteiger partial charge in [0, 0.05) is 21.8 Å². The molecule has 1 N–H and O–H groups in total. The maximum Gasteiger partial charge on any atom is 0.325 e. The van der Waals surface area contributed by atoms with E-state index in [0.717, 1.165) is 16.3 Å². The number of benzene rings is 1. The van der Waals surface area contributed by atoms with Crippen LogP contribution in [0.25, 0.3) is 0 Å². The lowest BCUT2D eigenvalue weighted by atomic mass is 9.91. The minimum Gasteiger partial charge on any atom is -0.343 e. The Labute approximate surface area is 189 Å². The van der Waals surface area contributed by atoms with Gasteiger partial charge in [0.15, 0.2) is 5.78 Å². The molecule has 7 nitrogen and oxygen atoms in total. The molecule has 0 aliphatic carbocycles. The van der Waals surface area contributed by atoms with Gasteiger partial charge < -0.3 is 9.88 Å². The van der Waals surface area contributed by atoms with Crippen LogP contribution >= 0.6 is 11.3 Å². The molecule has 0 bridgehead atoms. The van der Waals surface area contributed by atoms with Gasteiger partial charge in [0.2, 0.25) is 0 Å². The van der Waals surface area contributed by atoms with Crippen LogP contribution in [0.1, 0.15) is 44.7 Å². The number of aromatic nitrogens is 1. The van der Waals surface area contributed by atoms with E-state index in [2.05, 4.69) is 9.88 Å². The van der Waals surface area contributed by atoms with Gasteiger partial charge in [-0.05, 0) is 56.0 Å². The predicted molar refractivity (Wildman–Crippen MR) is 120 cm³/mol. The predicted octanol–water partition coefficient (Wildman–Crippen LogP) is 3.74. The highest BCUT2D eigenvalue weighted by Crippen LogP contribution is 2.29. The van der Waals surface area contributed by atoms with Crippen molar-refractivity contribution in [3.8, 4) is 6.07 Å². The van der Waals surface area contributed by atoms with Gasteiger partial charge in [-0.3, -0.25) is 14.5 Å². The summed E-state index contributed by atoms with van der Waals surface area (Å²) < 4.78 is 2.06. The first-order chi connectivity index (χ1) is 15.2. The summed E-state index contributed by atoms with van der Waals surface area (Å²) in [6, 6.07) is 13.7. The van der Waals surface area contributed by atoms with Crippen LogP contribution in [0.15, 0.2) is 47.8 Å². The fourth-order valence-corrected chi connectivity index (χ4v) is 4.72. The molecule has 2 aromatic heterocycles. The van der Waals surface area contributed by atoms with E-state index in [1.807, 2.05) is 43.5 Å². The number of nitrogens with zero attached hydrogens (tertiary/aromatic N) is 3. The number of thiophene rings is 1. The number of imide groups is 1. The Bertz CT molecular complexity index is 1250. The van der Waals surface area contributed by atoms with Crippen LogP contribution in [0.4, 0.5) is 4.79 Å². The summed E-state index contributed by atoms with van der Waals surface area (Å²) in [4.78, 5) is 41.0. The Balaban J connectivity index is 1.55. The highest BCUT2D eigenvalue weighted by Gasteiger charge is 2.49. The second-order valence-electron chi connectivity index (χ2n) is 8.01. The van der Waals surface area contributed by atoms with E-state index in [9.17, 15) is 14.4 Å². The summed E-state index contributed by atoms with van der Waals surface area (Å²) in [6.45, 7) is 5.75. The fraction of sp³-hybridized carbons (Fsp3) is 0.250. The number of rotatable bonds is 6. The van der Waals surface area contributed by atoms with Crippen molar-refractivity contribution in [2.75, 3.05) is 6.54 Å². The van der Waals surface area contributed by atoms with Gasteiger partial charge in [0.05, 0.1) is 24.7 Å². The Morgan fingerprint density at radius 2 is 1.91 bits per heavy atom. The summed E-state index contributed by atoms with van der Waals surface area (Å²) in [5.74, 6) is -0.781. The maximum absolute atomic E-state index is 13.1. The molecule has 1 fully saturated rings. The third-order valence-corrected chi connectivity index (χ3v) is 6.80. The number of urea groups is 1. The van der Waals surface area contributed by atoms with E-state index >= 15 is 0 Å². The monoisotopic (exact) mass is 446 g/mol. The Morgan fingerprint density at radius 1 is 1.19 bits per heavy atom. The number of hydrogen-bond donors (Lipinski definition) is 1. The Hall–Kier alpha value is -3.70. The molecule has 0 saturated carbocycles. The number of ketones is 1. The second kappa shape index (κ2) is 8.09. The number of nitrogens with one attached hydrogen (secondary N) is 1. The molecular weight excluding hydrogens is 424 g/mol. The van der Waals surface area contributed by atoms with Crippen molar-refractivity contribution in [2.24, 2.45) is 0 Å². The molecule has 8 heteroatoms. The van der Waals surface area contributed by atoms with Gasteiger partial charge in [0.1, 0.15) is 5.54 Å². The first kappa shape index (κ1) is 21.5. The summed E-state index contributed by atoms with van der Waals surface area (Å²) >= 11 is 1.65. The van der Waals surface area contributed by atoms with E-state index in [1.54, 1.807) is 42.5 Å². The molecule has 3 heterocycles. The zero-order valence-electron chi connectivity index (χ0n) is 18.0. The smallest absolute Gasteiger partial charge is 0.325 e. The first-order valence-electron chi connectivity index (χ1n) is 10.1. The second-order valence-corrected chi connectivity index (χ2v) is 9.04. The number of Topliss-reactive ketones (excluding diaryl/α,β-unsaturated/α-hetero) is 1.